The van der Waals surface area contributed by atoms with Crippen molar-refractivity contribution in [3.8, 4) is 0 Å². The lowest BCUT2D eigenvalue weighted by molar-refractivity contribution is 0.136. The van der Waals surface area contributed by atoms with E-state index in [2.05, 4.69) is 5.32 Å². The normalized spacial score (nSPS) is 19.9. The Morgan fingerprint density at radius 3 is 2.83 bits per heavy atom. The van der Waals surface area contributed by atoms with Crippen molar-refractivity contribution in [3.63, 3.8) is 0 Å². The fraction of sp³-hybridized carbons (Fsp3) is 0.316. The van der Waals surface area contributed by atoms with Gasteiger partial charge in [-0.3, -0.25) is 5.32 Å². The quantitative estimate of drug-likeness (QED) is 0.757. The number of carbonyl (C=O) groups is 1. The number of aryl methyl sites for hydroxylation is 1. The highest BCUT2D eigenvalue weighted by Crippen LogP contribution is 2.29. The molecule has 0 saturated heterocycles. The van der Waals surface area contributed by atoms with E-state index in [1.165, 1.54) is 0 Å². The molecule has 2 unspecified atom stereocenters. The predicted octanol–water partition coefficient (Wildman–Crippen LogP) is 3.13. The van der Waals surface area contributed by atoms with Gasteiger partial charge in [-0.1, -0.05) is 36.4 Å². The molecule has 0 aliphatic heterocycles. The number of rotatable bonds is 3. The second-order valence-electron chi connectivity index (χ2n) is 6.09. The van der Waals surface area contributed by atoms with Gasteiger partial charge in [0.2, 0.25) is 0 Å². The Labute approximate surface area is 141 Å². The summed E-state index contributed by atoms with van der Waals surface area (Å²) in [5, 5.41) is 12.8. The zero-order valence-corrected chi connectivity index (χ0v) is 13.4. The van der Waals surface area contributed by atoms with Crippen molar-refractivity contribution in [2.24, 2.45) is 5.73 Å². The van der Waals surface area contributed by atoms with Crippen molar-refractivity contribution in [2.45, 2.75) is 38.0 Å². The van der Waals surface area contributed by atoms with E-state index in [9.17, 15) is 9.90 Å². The van der Waals surface area contributed by atoms with Gasteiger partial charge in [-0.15, -0.1) is 0 Å². The number of ether oxygens (including phenoxy) is 1. The number of fused-ring (bicyclic) bond motifs is 1. The van der Waals surface area contributed by atoms with E-state index in [-0.39, 0.29) is 6.61 Å². The highest BCUT2D eigenvalue weighted by molar-refractivity contribution is 5.84. The van der Waals surface area contributed by atoms with Crippen LogP contribution in [0.25, 0.3) is 0 Å². The van der Waals surface area contributed by atoms with Crippen LogP contribution in [0.3, 0.4) is 0 Å². The average Bonchev–Trinajstić information content (AvgIpc) is 2.74. The molecule has 3 rings (SSSR count). The standard InChI is InChI=1S/C19H22N2O3/c20-18-16-11-15(10-9-14(16)7-4-8-17(18)22)21-19(23)24-12-13-5-2-1-3-6-13/h1-3,5-6,9-11,17-18,22H,4,7-8,12,20H2,(H,21,23). The Kier molecular flexibility index (Phi) is 5.13. The number of anilines is 1. The molecule has 2 aromatic carbocycles. The van der Waals surface area contributed by atoms with Crippen LogP contribution in [0.1, 0.15) is 35.6 Å². The Morgan fingerprint density at radius 2 is 2.04 bits per heavy atom. The first-order chi connectivity index (χ1) is 11.6. The third-order valence-corrected chi connectivity index (χ3v) is 4.32. The molecule has 5 heteroatoms. The van der Waals surface area contributed by atoms with E-state index >= 15 is 0 Å². The second kappa shape index (κ2) is 7.47. The molecular formula is C19H22N2O3. The van der Waals surface area contributed by atoms with Crippen molar-refractivity contribution in [1.29, 1.82) is 0 Å². The minimum absolute atomic E-state index is 0.218. The monoisotopic (exact) mass is 326 g/mol. The van der Waals surface area contributed by atoms with Crippen LogP contribution in [-0.2, 0) is 17.8 Å². The number of hydrogen-bond donors (Lipinski definition) is 3. The third-order valence-electron chi connectivity index (χ3n) is 4.32. The van der Waals surface area contributed by atoms with Gasteiger partial charge in [0, 0.05) is 5.69 Å². The summed E-state index contributed by atoms with van der Waals surface area (Å²) >= 11 is 0. The van der Waals surface area contributed by atoms with Crippen molar-refractivity contribution in [3.05, 3.63) is 65.2 Å². The van der Waals surface area contributed by atoms with E-state index < -0.39 is 18.2 Å². The number of nitrogens with two attached hydrogens (primary N) is 1. The summed E-state index contributed by atoms with van der Waals surface area (Å²) in [4.78, 5) is 12.0. The predicted molar refractivity (Wildman–Crippen MR) is 92.6 cm³/mol. The molecule has 24 heavy (non-hydrogen) atoms. The number of aliphatic hydroxyl groups excluding tert-OH is 1. The number of aliphatic hydroxyl groups is 1. The van der Waals surface area contributed by atoms with E-state index in [4.69, 9.17) is 10.5 Å². The molecule has 0 spiro atoms. The van der Waals surface area contributed by atoms with Crippen LogP contribution in [0.5, 0.6) is 0 Å². The van der Waals surface area contributed by atoms with Gasteiger partial charge in [-0.05, 0) is 48.1 Å². The molecule has 1 aliphatic carbocycles. The number of benzene rings is 2. The molecule has 0 fully saturated rings. The fourth-order valence-corrected chi connectivity index (χ4v) is 2.98. The largest absolute Gasteiger partial charge is 0.444 e. The summed E-state index contributed by atoms with van der Waals surface area (Å²) in [5.41, 5.74) is 9.70. The second-order valence-corrected chi connectivity index (χ2v) is 6.09. The average molecular weight is 326 g/mol. The van der Waals surface area contributed by atoms with Gasteiger partial charge in [0.15, 0.2) is 0 Å². The smallest absolute Gasteiger partial charge is 0.411 e. The number of carbonyl (C=O) groups excluding carboxylic acids is 1. The topological polar surface area (TPSA) is 84.6 Å². The lowest BCUT2D eigenvalue weighted by atomic mass is 9.98. The van der Waals surface area contributed by atoms with Crippen molar-refractivity contribution in [2.75, 3.05) is 5.32 Å². The van der Waals surface area contributed by atoms with Crippen LogP contribution >= 0.6 is 0 Å². The van der Waals surface area contributed by atoms with Gasteiger partial charge in [0.05, 0.1) is 12.1 Å². The minimum atomic E-state index is -0.550. The summed E-state index contributed by atoms with van der Waals surface area (Å²) in [6.45, 7) is 0.218. The maximum Gasteiger partial charge on any atom is 0.411 e. The summed E-state index contributed by atoms with van der Waals surface area (Å²) in [6, 6.07) is 14.7. The molecule has 5 nitrogen and oxygen atoms in total. The Balaban J connectivity index is 1.65. The summed E-state index contributed by atoms with van der Waals surface area (Å²) in [5.74, 6) is 0. The first-order valence-electron chi connectivity index (χ1n) is 8.17. The van der Waals surface area contributed by atoms with Crippen LogP contribution in [0.15, 0.2) is 48.5 Å². The zero-order valence-electron chi connectivity index (χ0n) is 13.4. The van der Waals surface area contributed by atoms with Crippen molar-refractivity contribution < 1.29 is 14.6 Å². The molecule has 1 aliphatic rings. The Morgan fingerprint density at radius 1 is 1.25 bits per heavy atom. The first kappa shape index (κ1) is 16.5. The fourth-order valence-electron chi connectivity index (χ4n) is 2.98. The highest BCUT2D eigenvalue weighted by atomic mass is 16.5. The summed E-state index contributed by atoms with van der Waals surface area (Å²) in [7, 11) is 0. The van der Waals surface area contributed by atoms with Crippen LogP contribution in [0.2, 0.25) is 0 Å². The van der Waals surface area contributed by atoms with Crippen molar-refractivity contribution >= 4 is 11.8 Å². The van der Waals surface area contributed by atoms with Gasteiger partial charge in [-0.2, -0.15) is 0 Å². The van der Waals surface area contributed by atoms with Gasteiger partial charge < -0.3 is 15.6 Å². The maximum absolute atomic E-state index is 12.0. The van der Waals surface area contributed by atoms with Crippen LogP contribution in [-0.4, -0.2) is 17.3 Å². The molecule has 2 aromatic rings. The highest BCUT2D eigenvalue weighted by Gasteiger charge is 2.23. The summed E-state index contributed by atoms with van der Waals surface area (Å²) in [6.07, 6.45) is 1.43. The molecule has 0 saturated carbocycles. The molecule has 1 amide bonds. The van der Waals surface area contributed by atoms with E-state index in [1.807, 2.05) is 48.5 Å². The Hall–Kier alpha value is -2.37. The molecule has 2 atom stereocenters. The van der Waals surface area contributed by atoms with Crippen LogP contribution in [0, 0.1) is 0 Å². The lowest BCUT2D eigenvalue weighted by Crippen LogP contribution is -2.25. The van der Waals surface area contributed by atoms with Gasteiger partial charge in [0.1, 0.15) is 6.61 Å². The van der Waals surface area contributed by atoms with Crippen molar-refractivity contribution in [1.82, 2.24) is 0 Å². The lowest BCUT2D eigenvalue weighted by Gasteiger charge is -2.19. The zero-order chi connectivity index (χ0) is 16.9. The molecule has 126 valence electrons. The Bertz CT molecular complexity index is 703. The van der Waals surface area contributed by atoms with Gasteiger partial charge >= 0.3 is 6.09 Å². The maximum atomic E-state index is 12.0. The molecule has 0 radical (unpaired) electrons. The SMILES string of the molecule is NC1c2cc(NC(=O)OCc3ccccc3)ccc2CCCC1O. The van der Waals surface area contributed by atoms with E-state index in [1.54, 1.807) is 0 Å². The number of hydrogen-bond acceptors (Lipinski definition) is 4. The van der Waals surface area contributed by atoms with Crippen LogP contribution in [0.4, 0.5) is 10.5 Å². The minimum Gasteiger partial charge on any atom is -0.444 e. The molecule has 0 aromatic heterocycles. The van der Waals surface area contributed by atoms with Gasteiger partial charge in [-0.25, -0.2) is 4.79 Å². The van der Waals surface area contributed by atoms with E-state index in [0.717, 1.165) is 29.5 Å². The molecular weight excluding hydrogens is 304 g/mol. The van der Waals surface area contributed by atoms with Gasteiger partial charge in [0.25, 0.3) is 0 Å². The molecule has 0 heterocycles. The summed E-state index contributed by atoms with van der Waals surface area (Å²) < 4.78 is 5.22. The number of amides is 1. The van der Waals surface area contributed by atoms with E-state index in [0.29, 0.717) is 12.1 Å². The molecule has 4 N–H and O–H groups in total. The third kappa shape index (κ3) is 3.93. The number of nitrogens with one attached hydrogen (secondary N) is 1. The van der Waals surface area contributed by atoms with Crippen LogP contribution < -0.4 is 11.1 Å². The molecule has 0 bridgehead atoms. The first-order valence-corrected chi connectivity index (χ1v) is 8.17.